The maximum absolute atomic E-state index is 6.66. The first kappa shape index (κ1) is 32.9. The molecule has 0 amide bonds. The molecule has 0 spiro atoms. The van der Waals surface area contributed by atoms with E-state index in [9.17, 15) is 0 Å². The zero-order valence-corrected chi connectivity index (χ0v) is 28.8. The van der Waals surface area contributed by atoms with Crippen molar-refractivity contribution in [3.63, 3.8) is 0 Å². The summed E-state index contributed by atoms with van der Waals surface area (Å²) < 4.78 is 24.2. The van der Waals surface area contributed by atoms with Gasteiger partial charge in [0.05, 0.1) is 38.6 Å². The molecule has 0 radical (unpaired) electrons. The van der Waals surface area contributed by atoms with E-state index in [0.717, 1.165) is 50.4 Å². The van der Waals surface area contributed by atoms with E-state index >= 15 is 0 Å². The Kier molecular flexibility index (Phi) is 9.51. The van der Waals surface area contributed by atoms with Gasteiger partial charge in [-0.1, -0.05) is 83.1 Å². The fourth-order valence-corrected chi connectivity index (χ4v) is 5.57. The minimum atomic E-state index is -0.0705. The molecule has 0 aromatic heterocycles. The average molecular weight is 579 g/mol. The third-order valence-corrected chi connectivity index (χ3v) is 8.38. The fourth-order valence-electron chi connectivity index (χ4n) is 5.57. The molecule has 2 atom stereocenters. The molecule has 2 saturated heterocycles. The van der Waals surface area contributed by atoms with Gasteiger partial charge in [0.15, 0.2) is 0 Å². The SMILES string of the molecule is CC(C)(C)c1cc(-c2cc(C(C)(C)C)c(OCCCC3CO3)c(C(C)(C)C)c2)cc(C(C)(C)C)c1OCCCC1CO1. The summed E-state index contributed by atoms with van der Waals surface area (Å²) in [5.74, 6) is 2.12. The number of benzene rings is 2. The largest absolute Gasteiger partial charge is 0.493 e. The highest BCUT2D eigenvalue weighted by Gasteiger charge is 2.32. The van der Waals surface area contributed by atoms with E-state index in [2.05, 4.69) is 107 Å². The Morgan fingerprint density at radius 3 is 1.00 bits per heavy atom. The zero-order chi connectivity index (χ0) is 31.1. The Labute approximate surface area is 256 Å². The van der Waals surface area contributed by atoms with Gasteiger partial charge in [-0.25, -0.2) is 0 Å². The highest BCUT2D eigenvalue weighted by Crippen LogP contribution is 2.46. The molecule has 0 bridgehead atoms. The van der Waals surface area contributed by atoms with E-state index in [1.54, 1.807) is 0 Å². The van der Waals surface area contributed by atoms with E-state index < -0.39 is 0 Å². The highest BCUT2D eigenvalue weighted by molar-refractivity contribution is 5.73. The van der Waals surface area contributed by atoms with Crippen LogP contribution in [0.25, 0.3) is 11.1 Å². The first-order chi connectivity index (χ1) is 19.4. The molecular formula is C38H58O4. The van der Waals surface area contributed by atoms with Crippen molar-refractivity contribution < 1.29 is 18.9 Å². The molecule has 42 heavy (non-hydrogen) atoms. The first-order valence-electron chi connectivity index (χ1n) is 16.2. The molecule has 234 valence electrons. The molecule has 2 aliphatic rings. The van der Waals surface area contributed by atoms with Gasteiger partial charge in [0.1, 0.15) is 11.5 Å². The number of hydrogen-bond donors (Lipinski definition) is 0. The molecule has 2 aromatic rings. The lowest BCUT2D eigenvalue weighted by Crippen LogP contribution is -2.21. The molecule has 0 aliphatic carbocycles. The van der Waals surface area contributed by atoms with Gasteiger partial charge >= 0.3 is 0 Å². The van der Waals surface area contributed by atoms with Gasteiger partial charge in [0.25, 0.3) is 0 Å². The van der Waals surface area contributed by atoms with Crippen molar-refractivity contribution in [1.29, 1.82) is 0 Å². The van der Waals surface area contributed by atoms with Gasteiger partial charge in [0.2, 0.25) is 0 Å². The summed E-state index contributed by atoms with van der Waals surface area (Å²) >= 11 is 0. The van der Waals surface area contributed by atoms with Crippen LogP contribution in [0.5, 0.6) is 11.5 Å². The predicted octanol–water partition coefficient (Wildman–Crippen LogP) is 9.66. The number of hydrogen-bond acceptors (Lipinski definition) is 4. The summed E-state index contributed by atoms with van der Waals surface area (Å²) in [5, 5.41) is 0. The Balaban J connectivity index is 1.82. The van der Waals surface area contributed by atoms with E-state index in [1.807, 2.05) is 0 Å². The molecule has 0 N–H and O–H groups in total. The van der Waals surface area contributed by atoms with Crippen LogP contribution in [0.2, 0.25) is 0 Å². The van der Waals surface area contributed by atoms with E-state index in [4.69, 9.17) is 18.9 Å². The summed E-state index contributed by atoms with van der Waals surface area (Å²) in [5.41, 5.74) is 7.29. The summed E-state index contributed by atoms with van der Waals surface area (Å²) in [6.45, 7) is 30.8. The maximum atomic E-state index is 6.66. The summed E-state index contributed by atoms with van der Waals surface area (Å²) in [7, 11) is 0. The van der Waals surface area contributed by atoms with E-state index in [1.165, 1.54) is 33.4 Å². The molecule has 0 saturated carbocycles. The number of rotatable bonds is 11. The third-order valence-electron chi connectivity index (χ3n) is 8.38. The van der Waals surface area contributed by atoms with Gasteiger partial charge in [-0.3, -0.25) is 0 Å². The van der Waals surface area contributed by atoms with Crippen molar-refractivity contribution in [3.05, 3.63) is 46.5 Å². The normalized spacial score (nSPS) is 19.1. The maximum Gasteiger partial charge on any atom is 0.126 e. The Bertz CT molecular complexity index is 1050. The third kappa shape index (κ3) is 8.53. The second-order valence-corrected chi connectivity index (χ2v) is 16.7. The number of epoxide rings is 2. The van der Waals surface area contributed by atoms with E-state index in [0.29, 0.717) is 25.4 Å². The van der Waals surface area contributed by atoms with Crippen LogP contribution < -0.4 is 9.47 Å². The molecule has 2 fully saturated rings. The van der Waals surface area contributed by atoms with Crippen molar-refractivity contribution >= 4 is 0 Å². The summed E-state index contributed by atoms with van der Waals surface area (Å²) in [6.07, 6.45) is 5.04. The van der Waals surface area contributed by atoms with Crippen LogP contribution in [0.4, 0.5) is 0 Å². The molecule has 2 aromatic carbocycles. The number of ether oxygens (including phenoxy) is 4. The molecule has 4 nitrogen and oxygen atoms in total. The molecule has 4 heteroatoms. The van der Waals surface area contributed by atoms with Gasteiger partial charge in [-0.05, 0) is 82.7 Å². The van der Waals surface area contributed by atoms with Crippen molar-refractivity contribution in [3.8, 4) is 22.6 Å². The lowest BCUT2D eigenvalue weighted by molar-refractivity contribution is 0.280. The quantitative estimate of drug-likeness (QED) is 0.197. The van der Waals surface area contributed by atoms with Crippen LogP contribution in [0.1, 0.15) is 131 Å². The van der Waals surface area contributed by atoms with Crippen LogP contribution in [-0.4, -0.2) is 38.6 Å². The topological polar surface area (TPSA) is 43.5 Å². The van der Waals surface area contributed by atoms with Crippen LogP contribution in [0.15, 0.2) is 24.3 Å². The first-order valence-corrected chi connectivity index (χ1v) is 16.2. The molecule has 2 heterocycles. The van der Waals surface area contributed by atoms with Crippen molar-refractivity contribution in [2.45, 2.75) is 143 Å². The molecule has 4 rings (SSSR count). The van der Waals surface area contributed by atoms with E-state index in [-0.39, 0.29) is 21.7 Å². The molecular weight excluding hydrogens is 520 g/mol. The zero-order valence-electron chi connectivity index (χ0n) is 28.8. The van der Waals surface area contributed by atoms with Crippen LogP contribution in [0, 0.1) is 0 Å². The monoisotopic (exact) mass is 578 g/mol. The van der Waals surface area contributed by atoms with Gasteiger partial charge in [0, 0.05) is 22.3 Å². The van der Waals surface area contributed by atoms with Crippen molar-refractivity contribution in [1.82, 2.24) is 0 Å². The smallest absolute Gasteiger partial charge is 0.126 e. The molecule has 2 unspecified atom stereocenters. The second kappa shape index (κ2) is 12.2. The van der Waals surface area contributed by atoms with Crippen LogP contribution in [0.3, 0.4) is 0 Å². The summed E-state index contributed by atoms with van der Waals surface area (Å²) in [4.78, 5) is 0. The van der Waals surface area contributed by atoms with Crippen LogP contribution >= 0.6 is 0 Å². The Hall–Kier alpha value is -2.04. The van der Waals surface area contributed by atoms with Crippen LogP contribution in [-0.2, 0) is 31.1 Å². The lowest BCUT2D eigenvalue weighted by atomic mass is 9.75. The van der Waals surface area contributed by atoms with Gasteiger partial charge < -0.3 is 18.9 Å². The minimum Gasteiger partial charge on any atom is -0.493 e. The van der Waals surface area contributed by atoms with Gasteiger partial charge in [-0.15, -0.1) is 0 Å². The standard InChI is InChI=1S/C38H58O4/c1-35(2,3)29-19-25(20-30(36(4,5)6)33(29)39-17-13-15-27-23-41-27)26-21-31(37(7,8)9)34(32(22-26)38(10,11)12)40-18-14-16-28-24-42-28/h19-22,27-28H,13-18,23-24H2,1-12H3. The predicted molar refractivity (Wildman–Crippen MR) is 176 cm³/mol. The average Bonchev–Trinajstić information content (AvgIpc) is 3.77. The second-order valence-electron chi connectivity index (χ2n) is 16.7. The van der Waals surface area contributed by atoms with Gasteiger partial charge in [-0.2, -0.15) is 0 Å². The minimum absolute atomic E-state index is 0.0705. The fraction of sp³-hybridized carbons (Fsp3) is 0.684. The highest BCUT2D eigenvalue weighted by atomic mass is 16.6. The van der Waals surface area contributed by atoms with Crippen molar-refractivity contribution in [2.75, 3.05) is 26.4 Å². The molecule has 2 aliphatic heterocycles. The summed E-state index contributed by atoms with van der Waals surface area (Å²) in [6, 6.07) is 9.55. The Morgan fingerprint density at radius 1 is 0.524 bits per heavy atom. The Morgan fingerprint density at radius 2 is 0.786 bits per heavy atom. The van der Waals surface area contributed by atoms with Crippen molar-refractivity contribution in [2.24, 2.45) is 0 Å². The lowest BCUT2D eigenvalue weighted by Gasteiger charge is -2.33.